The lowest BCUT2D eigenvalue weighted by Crippen LogP contribution is -2.35. The Bertz CT molecular complexity index is 341. The number of nitrogens with zero attached hydrogens (tertiary/aromatic N) is 2. The fourth-order valence-electron chi connectivity index (χ4n) is 1.86. The standard InChI is InChI=1S/C13H23N3O/c1-10(2)16(8-9-17)13-12(11(3)14-4)6-5-7-15-13/h5-7,10-11,14,17H,8-9H2,1-4H3. The van der Waals surface area contributed by atoms with Gasteiger partial charge in [0.25, 0.3) is 0 Å². The summed E-state index contributed by atoms with van der Waals surface area (Å²) in [6, 6.07) is 4.60. The second-order valence-corrected chi connectivity index (χ2v) is 4.44. The van der Waals surface area contributed by atoms with E-state index in [1.807, 2.05) is 13.1 Å². The van der Waals surface area contributed by atoms with E-state index in [-0.39, 0.29) is 12.6 Å². The molecule has 1 unspecified atom stereocenters. The Morgan fingerprint density at radius 2 is 2.12 bits per heavy atom. The Labute approximate surface area is 104 Å². The number of pyridine rings is 1. The van der Waals surface area contributed by atoms with Gasteiger partial charge in [-0.25, -0.2) is 4.98 Å². The molecule has 0 bridgehead atoms. The number of aliphatic hydroxyl groups is 1. The molecule has 0 radical (unpaired) electrons. The number of aromatic nitrogens is 1. The van der Waals surface area contributed by atoms with E-state index in [4.69, 9.17) is 5.11 Å². The molecule has 4 heteroatoms. The summed E-state index contributed by atoms with van der Waals surface area (Å²) in [4.78, 5) is 6.59. The van der Waals surface area contributed by atoms with Gasteiger partial charge >= 0.3 is 0 Å². The van der Waals surface area contributed by atoms with Crippen molar-refractivity contribution in [3.05, 3.63) is 23.9 Å². The van der Waals surface area contributed by atoms with Crippen LogP contribution in [0.1, 0.15) is 32.4 Å². The molecule has 0 saturated heterocycles. The van der Waals surface area contributed by atoms with Crippen LogP contribution in [0, 0.1) is 0 Å². The second kappa shape index (κ2) is 6.57. The molecule has 1 heterocycles. The second-order valence-electron chi connectivity index (χ2n) is 4.44. The van der Waals surface area contributed by atoms with Crippen molar-refractivity contribution in [3.63, 3.8) is 0 Å². The number of anilines is 1. The highest BCUT2D eigenvalue weighted by Crippen LogP contribution is 2.24. The van der Waals surface area contributed by atoms with Gasteiger partial charge in [-0.2, -0.15) is 0 Å². The van der Waals surface area contributed by atoms with Crippen molar-refractivity contribution < 1.29 is 5.11 Å². The van der Waals surface area contributed by atoms with Gasteiger partial charge in [0.2, 0.25) is 0 Å². The molecule has 96 valence electrons. The van der Waals surface area contributed by atoms with Crippen molar-refractivity contribution in [2.45, 2.75) is 32.9 Å². The van der Waals surface area contributed by atoms with E-state index in [9.17, 15) is 0 Å². The molecule has 0 aliphatic rings. The Hall–Kier alpha value is -1.13. The maximum Gasteiger partial charge on any atom is 0.133 e. The van der Waals surface area contributed by atoms with Crippen molar-refractivity contribution >= 4 is 5.82 Å². The van der Waals surface area contributed by atoms with Crippen LogP contribution >= 0.6 is 0 Å². The zero-order valence-corrected chi connectivity index (χ0v) is 11.1. The maximum atomic E-state index is 9.15. The lowest BCUT2D eigenvalue weighted by Gasteiger charge is -2.30. The van der Waals surface area contributed by atoms with Crippen LogP contribution in [0.3, 0.4) is 0 Å². The zero-order valence-electron chi connectivity index (χ0n) is 11.1. The van der Waals surface area contributed by atoms with Crippen molar-refractivity contribution in [2.24, 2.45) is 0 Å². The summed E-state index contributed by atoms with van der Waals surface area (Å²) in [5, 5.41) is 12.4. The first kappa shape index (κ1) is 13.9. The van der Waals surface area contributed by atoms with E-state index in [2.05, 4.69) is 42.0 Å². The van der Waals surface area contributed by atoms with E-state index in [0.29, 0.717) is 12.6 Å². The average molecular weight is 237 g/mol. The van der Waals surface area contributed by atoms with E-state index >= 15 is 0 Å². The number of hydrogen-bond donors (Lipinski definition) is 2. The Morgan fingerprint density at radius 3 is 2.65 bits per heavy atom. The molecule has 0 aliphatic heterocycles. The number of nitrogens with one attached hydrogen (secondary N) is 1. The molecule has 1 aromatic rings. The Morgan fingerprint density at radius 1 is 1.41 bits per heavy atom. The summed E-state index contributed by atoms with van der Waals surface area (Å²) in [5.74, 6) is 0.957. The molecule has 1 rings (SSSR count). The SMILES string of the molecule is CNC(C)c1cccnc1N(CCO)C(C)C. The van der Waals surface area contributed by atoms with E-state index < -0.39 is 0 Å². The van der Waals surface area contributed by atoms with Crippen molar-refractivity contribution in [3.8, 4) is 0 Å². The molecule has 1 aromatic heterocycles. The lowest BCUT2D eigenvalue weighted by molar-refractivity contribution is 0.298. The molecule has 4 nitrogen and oxygen atoms in total. The minimum Gasteiger partial charge on any atom is -0.395 e. The summed E-state index contributed by atoms with van der Waals surface area (Å²) in [5.41, 5.74) is 1.16. The fraction of sp³-hybridized carbons (Fsp3) is 0.615. The van der Waals surface area contributed by atoms with Crippen molar-refractivity contribution in [2.75, 3.05) is 25.1 Å². The summed E-state index contributed by atoms with van der Waals surface area (Å²) in [6.07, 6.45) is 1.80. The predicted molar refractivity (Wildman–Crippen MR) is 71.3 cm³/mol. The van der Waals surface area contributed by atoms with Gasteiger partial charge < -0.3 is 15.3 Å². The van der Waals surface area contributed by atoms with Gasteiger partial charge in [-0.3, -0.25) is 0 Å². The van der Waals surface area contributed by atoms with Gasteiger partial charge in [0, 0.05) is 30.4 Å². The zero-order chi connectivity index (χ0) is 12.8. The molecule has 0 fully saturated rings. The lowest BCUT2D eigenvalue weighted by atomic mass is 10.1. The van der Waals surface area contributed by atoms with Crippen LogP contribution in [0.25, 0.3) is 0 Å². The Kier molecular flexibility index (Phi) is 5.38. The Balaban J connectivity index is 3.09. The molecule has 17 heavy (non-hydrogen) atoms. The molecular weight excluding hydrogens is 214 g/mol. The van der Waals surface area contributed by atoms with Crippen LogP contribution in [-0.2, 0) is 0 Å². The van der Waals surface area contributed by atoms with Crippen LogP contribution < -0.4 is 10.2 Å². The minimum atomic E-state index is 0.141. The first-order valence-electron chi connectivity index (χ1n) is 6.11. The smallest absolute Gasteiger partial charge is 0.133 e. The highest BCUT2D eigenvalue weighted by Gasteiger charge is 2.17. The first-order chi connectivity index (χ1) is 8.11. The third-order valence-corrected chi connectivity index (χ3v) is 2.95. The molecule has 0 amide bonds. The summed E-state index contributed by atoms with van der Waals surface area (Å²) in [7, 11) is 1.94. The molecule has 0 aliphatic carbocycles. The number of rotatable bonds is 6. The summed E-state index contributed by atoms with van der Waals surface area (Å²) < 4.78 is 0. The monoisotopic (exact) mass is 237 g/mol. The van der Waals surface area contributed by atoms with Gasteiger partial charge in [0.15, 0.2) is 0 Å². The largest absolute Gasteiger partial charge is 0.395 e. The first-order valence-corrected chi connectivity index (χ1v) is 6.11. The van der Waals surface area contributed by atoms with Crippen LogP contribution in [0.5, 0.6) is 0 Å². The normalized spacial score (nSPS) is 12.8. The molecule has 0 aromatic carbocycles. The fourth-order valence-corrected chi connectivity index (χ4v) is 1.86. The average Bonchev–Trinajstić information content (AvgIpc) is 2.34. The quantitative estimate of drug-likeness (QED) is 0.788. The molecule has 1 atom stereocenters. The van der Waals surface area contributed by atoms with E-state index in [1.54, 1.807) is 6.20 Å². The highest BCUT2D eigenvalue weighted by atomic mass is 16.3. The predicted octanol–water partition coefficient (Wildman–Crippen LogP) is 1.57. The topological polar surface area (TPSA) is 48.4 Å². The van der Waals surface area contributed by atoms with Crippen molar-refractivity contribution in [1.82, 2.24) is 10.3 Å². The number of aliphatic hydroxyl groups excluding tert-OH is 1. The van der Waals surface area contributed by atoms with Crippen LogP contribution in [0.15, 0.2) is 18.3 Å². The van der Waals surface area contributed by atoms with E-state index in [0.717, 1.165) is 11.4 Å². The molecule has 0 spiro atoms. The number of hydrogen-bond acceptors (Lipinski definition) is 4. The molecule has 0 saturated carbocycles. The van der Waals surface area contributed by atoms with Gasteiger partial charge in [-0.05, 0) is 33.9 Å². The maximum absolute atomic E-state index is 9.15. The van der Waals surface area contributed by atoms with E-state index in [1.165, 1.54) is 0 Å². The summed E-state index contributed by atoms with van der Waals surface area (Å²) >= 11 is 0. The van der Waals surface area contributed by atoms with Crippen LogP contribution in [-0.4, -0.2) is 36.3 Å². The van der Waals surface area contributed by atoms with Gasteiger partial charge in [0.1, 0.15) is 5.82 Å². The minimum absolute atomic E-state index is 0.141. The van der Waals surface area contributed by atoms with Crippen LogP contribution in [0.2, 0.25) is 0 Å². The van der Waals surface area contributed by atoms with Crippen molar-refractivity contribution in [1.29, 1.82) is 0 Å². The highest BCUT2D eigenvalue weighted by molar-refractivity contribution is 5.49. The molecular formula is C13H23N3O. The third-order valence-electron chi connectivity index (χ3n) is 2.95. The third kappa shape index (κ3) is 3.41. The van der Waals surface area contributed by atoms with Gasteiger partial charge in [-0.1, -0.05) is 6.07 Å². The van der Waals surface area contributed by atoms with Gasteiger partial charge in [0.05, 0.1) is 6.61 Å². The van der Waals surface area contributed by atoms with Crippen LogP contribution in [0.4, 0.5) is 5.82 Å². The summed E-state index contributed by atoms with van der Waals surface area (Å²) in [6.45, 7) is 7.08. The molecule has 2 N–H and O–H groups in total. The van der Waals surface area contributed by atoms with Gasteiger partial charge in [-0.15, -0.1) is 0 Å².